The van der Waals surface area contributed by atoms with Gasteiger partial charge in [0.2, 0.25) is 0 Å². The number of hydrogen-bond donors (Lipinski definition) is 1. The van der Waals surface area contributed by atoms with Gasteiger partial charge in [0.1, 0.15) is 17.4 Å². The Kier molecular flexibility index (Phi) is 3.26. The van der Waals surface area contributed by atoms with Gasteiger partial charge < -0.3 is 10.6 Å². The number of rotatable bonds is 3. The second-order valence-electron chi connectivity index (χ2n) is 5.97. The summed E-state index contributed by atoms with van der Waals surface area (Å²) in [6, 6.07) is 9.63. The first-order chi connectivity index (χ1) is 11.6. The summed E-state index contributed by atoms with van der Waals surface area (Å²) in [6.45, 7) is 0. The van der Waals surface area contributed by atoms with Crippen molar-refractivity contribution in [2.75, 3.05) is 13.0 Å². The molecule has 24 heavy (non-hydrogen) atoms. The molecule has 1 aliphatic rings. The SMILES string of the molecule is COc1cc(F)ccc1-c1cccc2c(=O)n(N)c(C3CC3)nc12. The van der Waals surface area contributed by atoms with E-state index in [1.165, 1.54) is 19.2 Å². The Balaban J connectivity index is 2.05. The molecule has 5 nitrogen and oxygen atoms in total. The smallest absolute Gasteiger partial charge is 0.279 e. The van der Waals surface area contributed by atoms with Crippen LogP contribution in [0, 0.1) is 5.82 Å². The molecule has 0 bridgehead atoms. The van der Waals surface area contributed by atoms with E-state index < -0.39 is 0 Å². The van der Waals surface area contributed by atoms with Crippen LogP contribution in [0.1, 0.15) is 24.6 Å². The Morgan fingerprint density at radius 1 is 1.25 bits per heavy atom. The molecular weight excluding hydrogens is 309 g/mol. The van der Waals surface area contributed by atoms with E-state index in [1.54, 1.807) is 18.2 Å². The number of hydrogen-bond acceptors (Lipinski definition) is 4. The van der Waals surface area contributed by atoms with E-state index in [2.05, 4.69) is 4.98 Å². The molecule has 0 atom stereocenters. The standard InChI is InChI=1S/C18H16FN3O2/c1-24-15-9-11(19)7-8-12(15)13-3-2-4-14-16(13)21-17(10-5-6-10)22(20)18(14)23/h2-4,7-10H,5-6,20H2,1H3. The van der Waals surface area contributed by atoms with Crippen molar-refractivity contribution in [3.63, 3.8) is 0 Å². The number of nitrogens with zero attached hydrogens (tertiary/aromatic N) is 2. The van der Waals surface area contributed by atoms with Gasteiger partial charge in [-0.25, -0.2) is 14.1 Å². The topological polar surface area (TPSA) is 70.1 Å². The zero-order chi connectivity index (χ0) is 16.8. The van der Waals surface area contributed by atoms with Gasteiger partial charge in [0.25, 0.3) is 5.56 Å². The molecule has 0 amide bonds. The highest BCUT2D eigenvalue weighted by Gasteiger charge is 2.29. The van der Waals surface area contributed by atoms with Crippen LogP contribution in [0.25, 0.3) is 22.0 Å². The fourth-order valence-electron chi connectivity index (χ4n) is 2.97. The number of benzene rings is 2. The molecule has 1 aliphatic carbocycles. The lowest BCUT2D eigenvalue weighted by atomic mass is 10.0. The first-order valence-electron chi connectivity index (χ1n) is 7.75. The van der Waals surface area contributed by atoms with Crippen LogP contribution in [-0.4, -0.2) is 16.8 Å². The molecule has 1 saturated carbocycles. The molecule has 2 N–H and O–H groups in total. The van der Waals surface area contributed by atoms with Gasteiger partial charge >= 0.3 is 0 Å². The quantitative estimate of drug-likeness (QED) is 0.752. The van der Waals surface area contributed by atoms with Crippen LogP contribution in [0.5, 0.6) is 5.75 Å². The second-order valence-corrected chi connectivity index (χ2v) is 5.97. The van der Waals surface area contributed by atoms with E-state index in [0.29, 0.717) is 28.0 Å². The zero-order valence-electron chi connectivity index (χ0n) is 13.1. The van der Waals surface area contributed by atoms with Crippen LogP contribution in [0.3, 0.4) is 0 Å². The van der Waals surface area contributed by atoms with Gasteiger partial charge in [0, 0.05) is 23.1 Å². The number of halogens is 1. The summed E-state index contributed by atoms with van der Waals surface area (Å²) in [6.07, 6.45) is 1.97. The average Bonchev–Trinajstić information content (AvgIpc) is 3.42. The Hall–Kier alpha value is -2.89. The third-order valence-corrected chi connectivity index (χ3v) is 4.35. The van der Waals surface area contributed by atoms with E-state index >= 15 is 0 Å². The predicted octanol–water partition coefficient (Wildman–Crippen LogP) is 2.80. The lowest BCUT2D eigenvalue weighted by Crippen LogP contribution is -2.31. The van der Waals surface area contributed by atoms with Crippen LogP contribution in [0.15, 0.2) is 41.2 Å². The Morgan fingerprint density at radius 3 is 2.75 bits per heavy atom. The van der Waals surface area contributed by atoms with Gasteiger partial charge in [-0.1, -0.05) is 12.1 Å². The van der Waals surface area contributed by atoms with Crippen LogP contribution >= 0.6 is 0 Å². The fourth-order valence-corrected chi connectivity index (χ4v) is 2.97. The van der Waals surface area contributed by atoms with Crippen molar-refractivity contribution in [3.05, 3.63) is 58.4 Å². The lowest BCUT2D eigenvalue weighted by Gasteiger charge is -2.13. The van der Waals surface area contributed by atoms with Crippen molar-refractivity contribution in [1.29, 1.82) is 0 Å². The fraction of sp³-hybridized carbons (Fsp3) is 0.222. The molecule has 0 spiro atoms. The van der Waals surface area contributed by atoms with E-state index in [9.17, 15) is 9.18 Å². The first kappa shape index (κ1) is 14.7. The maximum Gasteiger partial charge on any atom is 0.279 e. The largest absolute Gasteiger partial charge is 0.496 e. The summed E-state index contributed by atoms with van der Waals surface area (Å²) in [7, 11) is 1.49. The highest BCUT2D eigenvalue weighted by molar-refractivity contribution is 5.94. The van der Waals surface area contributed by atoms with E-state index in [1.807, 2.05) is 6.07 Å². The lowest BCUT2D eigenvalue weighted by molar-refractivity contribution is 0.413. The number of methoxy groups -OCH3 is 1. The minimum Gasteiger partial charge on any atom is -0.496 e. The van der Waals surface area contributed by atoms with Gasteiger partial charge in [0.15, 0.2) is 0 Å². The molecular formula is C18H16FN3O2. The molecule has 1 aromatic heterocycles. The summed E-state index contributed by atoms with van der Waals surface area (Å²) in [5, 5.41) is 0.436. The van der Waals surface area contributed by atoms with Gasteiger partial charge in [-0.3, -0.25) is 4.79 Å². The molecule has 3 aromatic rings. The second kappa shape index (κ2) is 5.33. The van der Waals surface area contributed by atoms with E-state index in [0.717, 1.165) is 23.1 Å². The van der Waals surface area contributed by atoms with Crippen molar-refractivity contribution in [2.45, 2.75) is 18.8 Å². The number of nitrogen functional groups attached to an aromatic ring is 1. The third kappa shape index (κ3) is 2.22. The van der Waals surface area contributed by atoms with Crippen molar-refractivity contribution >= 4 is 10.9 Å². The van der Waals surface area contributed by atoms with Crippen molar-refractivity contribution in [2.24, 2.45) is 0 Å². The van der Waals surface area contributed by atoms with E-state index in [-0.39, 0.29) is 17.3 Å². The van der Waals surface area contributed by atoms with Crippen LogP contribution in [0.4, 0.5) is 4.39 Å². The monoisotopic (exact) mass is 325 g/mol. The molecule has 1 fully saturated rings. The molecule has 2 aromatic carbocycles. The first-order valence-corrected chi connectivity index (χ1v) is 7.75. The summed E-state index contributed by atoms with van der Waals surface area (Å²) in [5.74, 6) is 6.77. The van der Waals surface area contributed by atoms with Gasteiger partial charge in [0.05, 0.1) is 18.0 Å². The van der Waals surface area contributed by atoms with Crippen LogP contribution in [-0.2, 0) is 0 Å². The highest BCUT2D eigenvalue weighted by Crippen LogP contribution is 2.40. The summed E-state index contributed by atoms with van der Waals surface area (Å²) in [5.41, 5.74) is 1.71. The summed E-state index contributed by atoms with van der Waals surface area (Å²) >= 11 is 0. The van der Waals surface area contributed by atoms with Crippen molar-refractivity contribution in [3.8, 4) is 16.9 Å². The molecule has 4 rings (SSSR count). The molecule has 6 heteroatoms. The van der Waals surface area contributed by atoms with Gasteiger partial charge in [-0.2, -0.15) is 0 Å². The Labute approximate surface area is 137 Å². The number of ether oxygens (including phenoxy) is 1. The molecule has 0 unspecified atom stereocenters. The predicted molar refractivity (Wildman–Crippen MR) is 90.1 cm³/mol. The average molecular weight is 325 g/mol. The van der Waals surface area contributed by atoms with Crippen LogP contribution in [0.2, 0.25) is 0 Å². The molecule has 0 aliphatic heterocycles. The maximum absolute atomic E-state index is 13.5. The molecule has 122 valence electrons. The number of aromatic nitrogens is 2. The minimum atomic E-state index is -0.383. The summed E-state index contributed by atoms with van der Waals surface area (Å²) < 4.78 is 19.9. The molecule has 0 radical (unpaired) electrons. The van der Waals surface area contributed by atoms with Gasteiger partial charge in [-0.05, 0) is 31.0 Å². The summed E-state index contributed by atoms with van der Waals surface area (Å²) in [4.78, 5) is 17.2. The minimum absolute atomic E-state index is 0.232. The zero-order valence-corrected chi connectivity index (χ0v) is 13.1. The molecule has 1 heterocycles. The Bertz CT molecular complexity index is 1010. The number of nitrogens with two attached hydrogens (primary N) is 1. The van der Waals surface area contributed by atoms with Crippen molar-refractivity contribution in [1.82, 2.24) is 9.66 Å². The number of fused-ring (bicyclic) bond motifs is 1. The normalized spacial score (nSPS) is 14.1. The van der Waals surface area contributed by atoms with Crippen molar-refractivity contribution < 1.29 is 9.13 Å². The number of para-hydroxylation sites is 1. The maximum atomic E-state index is 13.5. The van der Waals surface area contributed by atoms with Crippen LogP contribution < -0.4 is 16.1 Å². The highest BCUT2D eigenvalue weighted by atomic mass is 19.1. The van der Waals surface area contributed by atoms with E-state index in [4.69, 9.17) is 10.6 Å². The van der Waals surface area contributed by atoms with Gasteiger partial charge in [-0.15, -0.1) is 0 Å². The Morgan fingerprint density at radius 2 is 2.04 bits per heavy atom. The molecule has 0 saturated heterocycles. The third-order valence-electron chi connectivity index (χ3n) is 4.35.